The highest BCUT2D eigenvalue weighted by atomic mass is 16.2. The monoisotopic (exact) mass is 433 g/mol. The first-order chi connectivity index (χ1) is 15.5. The van der Waals surface area contributed by atoms with Crippen LogP contribution in [0.3, 0.4) is 0 Å². The maximum atomic E-state index is 13.5. The largest absolute Gasteiger partial charge is 0.355 e. The zero-order valence-corrected chi connectivity index (χ0v) is 18.5. The summed E-state index contributed by atoms with van der Waals surface area (Å²) in [5.74, 6) is 1.31. The minimum absolute atomic E-state index is 0.0368. The Kier molecular flexibility index (Phi) is 6.16. The van der Waals surface area contributed by atoms with Crippen molar-refractivity contribution in [2.45, 2.75) is 26.3 Å². The predicted octanol–water partition coefficient (Wildman–Crippen LogP) is 2.39. The van der Waals surface area contributed by atoms with Gasteiger partial charge in [0, 0.05) is 39.6 Å². The van der Waals surface area contributed by atoms with Crippen LogP contribution in [0.1, 0.15) is 30.6 Å². The SMILES string of the molecule is CC(=O)N(C)c1cccc(N2CC[C@@H](C)N(C(=O)c3ccccc3-n3nccn3)CC2)n1. The molecule has 2 amide bonds. The third-order valence-electron chi connectivity index (χ3n) is 5.85. The van der Waals surface area contributed by atoms with E-state index in [9.17, 15) is 9.59 Å². The number of nitrogens with zero attached hydrogens (tertiary/aromatic N) is 7. The Hall–Kier alpha value is -3.75. The number of pyridine rings is 1. The predicted molar refractivity (Wildman–Crippen MR) is 122 cm³/mol. The highest BCUT2D eigenvalue weighted by Crippen LogP contribution is 2.23. The van der Waals surface area contributed by atoms with Gasteiger partial charge in [-0.2, -0.15) is 15.0 Å². The van der Waals surface area contributed by atoms with Gasteiger partial charge in [0.15, 0.2) is 0 Å². The van der Waals surface area contributed by atoms with Gasteiger partial charge < -0.3 is 14.7 Å². The van der Waals surface area contributed by atoms with Crippen LogP contribution in [0.15, 0.2) is 54.9 Å². The standard InChI is InChI=1S/C23H27N7O2/c1-17-11-14-28(22-10-6-9-21(26-22)27(3)18(2)31)15-16-29(17)23(32)19-7-4-5-8-20(19)30-24-12-13-25-30/h4-10,12-13,17H,11,14-16H2,1-3H3/t17-/m1/s1. The van der Waals surface area contributed by atoms with Crippen LogP contribution in [0.5, 0.6) is 0 Å². The number of hydrogen-bond donors (Lipinski definition) is 0. The second kappa shape index (κ2) is 9.17. The van der Waals surface area contributed by atoms with E-state index >= 15 is 0 Å². The number of amides is 2. The van der Waals surface area contributed by atoms with Crippen LogP contribution in [0, 0.1) is 0 Å². The third-order valence-corrected chi connectivity index (χ3v) is 5.85. The molecular formula is C23H27N7O2. The summed E-state index contributed by atoms with van der Waals surface area (Å²) in [6, 6.07) is 13.1. The molecule has 32 heavy (non-hydrogen) atoms. The van der Waals surface area contributed by atoms with E-state index in [1.54, 1.807) is 19.4 Å². The first-order valence-electron chi connectivity index (χ1n) is 10.7. The molecule has 0 radical (unpaired) electrons. The molecule has 3 heterocycles. The maximum absolute atomic E-state index is 13.5. The van der Waals surface area contributed by atoms with E-state index < -0.39 is 0 Å². The first-order valence-corrected chi connectivity index (χ1v) is 10.7. The van der Waals surface area contributed by atoms with Crippen molar-refractivity contribution in [3.05, 3.63) is 60.4 Å². The Morgan fingerprint density at radius 1 is 1.00 bits per heavy atom. The van der Waals surface area contributed by atoms with Gasteiger partial charge in [-0.15, -0.1) is 0 Å². The lowest BCUT2D eigenvalue weighted by Gasteiger charge is -2.27. The lowest BCUT2D eigenvalue weighted by molar-refractivity contribution is -0.116. The molecule has 3 aromatic rings. The van der Waals surface area contributed by atoms with Crippen LogP contribution >= 0.6 is 0 Å². The van der Waals surface area contributed by atoms with Crippen molar-refractivity contribution >= 4 is 23.5 Å². The van der Waals surface area contributed by atoms with Crippen LogP contribution < -0.4 is 9.80 Å². The zero-order chi connectivity index (χ0) is 22.7. The van der Waals surface area contributed by atoms with Gasteiger partial charge in [0.1, 0.15) is 11.6 Å². The number of carbonyl (C=O) groups is 2. The molecule has 9 nitrogen and oxygen atoms in total. The fraction of sp³-hybridized carbons (Fsp3) is 0.348. The average molecular weight is 434 g/mol. The van der Waals surface area contributed by atoms with E-state index in [2.05, 4.69) is 27.0 Å². The van der Waals surface area contributed by atoms with E-state index in [0.717, 1.165) is 18.8 Å². The average Bonchev–Trinajstić information content (AvgIpc) is 3.28. The maximum Gasteiger partial charge on any atom is 0.256 e. The Labute approximate surface area is 187 Å². The van der Waals surface area contributed by atoms with E-state index in [4.69, 9.17) is 0 Å². The minimum atomic E-state index is -0.0683. The molecule has 4 rings (SSSR count). The van der Waals surface area contributed by atoms with E-state index in [0.29, 0.717) is 30.2 Å². The zero-order valence-electron chi connectivity index (χ0n) is 18.5. The summed E-state index contributed by atoms with van der Waals surface area (Å²) in [6.45, 7) is 5.58. The lowest BCUT2D eigenvalue weighted by atomic mass is 10.1. The summed E-state index contributed by atoms with van der Waals surface area (Å²) < 4.78 is 0. The summed E-state index contributed by atoms with van der Waals surface area (Å²) in [6.07, 6.45) is 4.00. The molecule has 0 N–H and O–H groups in total. The van der Waals surface area contributed by atoms with E-state index in [-0.39, 0.29) is 17.9 Å². The topological polar surface area (TPSA) is 87.5 Å². The number of rotatable bonds is 4. The summed E-state index contributed by atoms with van der Waals surface area (Å²) in [4.78, 5) is 37.0. The molecule has 1 aliphatic heterocycles. The van der Waals surface area contributed by atoms with E-state index in [1.165, 1.54) is 16.6 Å². The van der Waals surface area contributed by atoms with Crippen molar-refractivity contribution in [2.75, 3.05) is 36.5 Å². The highest BCUT2D eigenvalue weighted by Gasteiger charge is 2.28. The van der Waals surface area contributed by atoms with Gasteiger partial charge in [-0.05, 0) is 37.6 Å². The summed E-state index contributed by atoms with van der Waals surface area (Å²) in [7, 11) is 1.71. The Bertz CT molecular complexity index is 1100. The number of hydrogen-bond acceptors (Lipinski definition) is 6. The Morgan fingerprint density at radius 2 is 1.75 bits per heavy atom. The van der Waals surface area contributed by atoms with Gasteiger partial charge in [0.05, 0.1) is 23.6 Å². The molecule has 0 unspecified atom stereocenters. The molecule has 9 heteroatoms. The number of carbonyl (C=O) groups excluding carboxylic acids is 2. The fourth-order valence-corrected chi connectivity index (χ4v) is 3.85. The molecular weight excluding hydrogens is 406 g/mol. The molecule has 1 fully saturated rings. The molecule has 166 valence electrons. The first kappa shape index (κ1) is 21.5. The summed E-state index contributed by atoms with van der Waals surface area (Å²) in [5.41, 5.74) is 1.24. The normalized spacial score (nSPS) is 16.5. The molecule has 0 bridgehead atoms. The number of anilines is 2. The lowest BCUT2D eigenvalue weighted by Crippen LogP contribution is -2.40. The second-order valence-electron chi connectivity index (χ2n) is 7.89. The van der Waals surface area contributed by atoms with Crippen molar-refractivity contribution in [3.63, 3.8) is 0 Å². The van der Waals surface area contributed by atoms with Crippen LogP contribution in [0.4, 0.5) is 11.6 Å². The number of para-hydroxylation sites is 1. The third kappa shape index (κ3) is 4.32. The molecule has 1 saturated heterocycles. The van der Waals surface area contributed by atoms with Crippen molar-refractivity contribution in [3.8, 4) is 5.69 Å². The molecule has 1 aromatic carbocycles. The molecule has 1 aliphatic rings. The summed E-state index contributed by atoms with van der Waals surface area (Å²) >= 11 is 0. The van der Waals surface area contributed by atoms with Crippen molar-refractivity contribution in [2.24, 2.45) is 0 Å². The smallest absolute Gasteiger partial charge is 0.256 e. The van der Waals surface area contributed by atoms with Crippen molar-refractivity contribution in [1.29, 1.82) is 0 Å². The van der Waals surface area contributed by atoms with Gasteiger partial charge in [0.2, 0.25) is 5.91 Å². The Balaban J connectivity index is 1.54. The Morgan fingerprint density at radius 3 is 2.50 bits per heavy atom. The molecule has 1 atom stereocenters. The highest BCUT2D eigenvalue weighted by molar-refractivity contribution is 5.98. The minimum Gasteiger partial charge on any atom is -0.355 e. The summed E-state index contributed by atoms with van der Waals surface area (Å²) in [5, 5.41) is 8.38. The van der Waals surface area contributed by atoms with Crippen molar-refractivity contribution in [1.82, 2.24) is 24.9 Å². The van der Waals surface area contributed by atoms with Crippen LogP contribution in [0.25, 0.3) is 5.69 Å². The van der Waals surface area contributed by atoms with Crippen molar-refractivity contribution < 1.29 is 9.59 Å². The molecule has 0 spiro atoms. The number of benzene rings is 1. The van der Waals surface area contributed by atoms with Gasteiger partial charge in [-0.3, -0.25) is 9.59 Å². The molecule has 0 aliphatic carbocycles. The molecule has 0 saturated carbocycles. The van der Waals surface area contributed by atoms with Gasteiger partial charge in [-0.25, -0.2) is 4.98 Å². The van der Waals surface area contributed by atoms with Gasteiger partial charge in [-0.1, -0.05) is 18.2 Å². The molecule has 2 aromatic heterocycles. The van der Waals surface area contributed by atoms with Crippen LogP contribution in [-0.2, 0) is 4.79 Å². The second-order valence-corrected chi connectivity index (χ2v) is 7.89. The van der Waals surface area contributed by atoms with E-state index in [1.807, 2.05) is 47.4 Å². The fourth-order valence-electron chi connectivity index (χ4n) is 3.85. The van der Waals surface area contributed by atoms with Gasteiger partial charge in [0.25, 0.3) is 5.91 Å². The van der Waals surface area contributed by atoms with Crippen LogP contribution in [0.2, 0.25) is 0 Å². The quantitative estimate of drug-likeness (QED) is 0.628. The van der Waals surface area contributed by atoms with Crippen LogP contribution in [-0.4, -0.2) is 69.4 Å². The number of aromatic nitrogens is 4. The van der Waals surface area contributed by atoms with Gasteiger partial charge >= 0.3 is 0 Å².